The summed E-state index contributed by atoms with van der Waals surface area (Å²) in [7, 11) is 1.89. The van der Waals surface area contributed by atoms with Crippen molar-refractivity contribution >= 4 is 5.91 Å². The Morgan fingerprint density at radius 1 is 1.50 bits per heavy atom. The van der Waals surface area contributed by atoms with Crippen LogP contribution in [0.15, 0.2) is 18.5 Å². The average Bonchev–Trinajstić information content (AvgIpc) is 2.65. The van der Waals surface area contributed by atoms with Gasteiger partial charge in [-0.3, -0.25) is 9.48 Å². The van der Waals surface area contributed by atoms with Gasteiger partial charge in [0.25, 0.3) is 0 Å². The molecule has 0 unspecified atom stereocenters. The Bertz CT molecular complexity index is 258. The lowest BCUT2D eigenvalue weighted by Gasteiger charge is -2.04. The summed E-state index contributed by atoms with van der Waals surface area (Å²) in [5, 5.41) is 9.78. The summed E-state index contributed by atoms with van der Waals surface area (Å²) in [6, 6.07) is 1.80. The van der Waals surface area contributed by atoms with E-state index >= 15 is 0 Å². The van der Waals surface area contributed by atoms with Crippen LogP contribution in [0.1, 0.15) is 6.42 Å². The molecule has 0 atom stereocenters. The van der Waals surface area contributed by atoms with Crippen molar-refractivity contribution in [1.82, 2.24) is 20.4 Å². The first-order valence-corrected chi connectivity index (χ1v) is 4.71. The molecule has 5 nitrogen and oxygen atoms in total. The molecule has 0 fully saturated rings. The Morgan fingerprint density at radius 3 is 3.00 bits per heavy atom. The highest BCUT2D eigenvalue weighted by atomic mass is 16.2. The molecule has 0 radical (unpaired) electrons. The lowest BCUT2D eigenvalue weighted by Crippen LogP contribution is -2.29. The van der Waals surface area contributed by atoms with Crippen LogP contribution in [0.25, 0.3) is 0 Å². The minimum absolute atomic E-state index is 0.00445. The molecule has 0 aromatic carbocycles. The van der Waals surface area contributed by atoms with Gasteiger partial charge in [-0.2, -0.15) is 5.10 Å². The minimum Gasteiger partial charge on any atom is -0.354 e. The van der Waals surface area contributed by atoms with Gasteiger partial charge in [0.15, 0.2) is 0 Å². The quantitative estimate of drug-likeness (QED) is 0.609. The van der Waals surface area contributed by atoms with Crippen molar-refractivity contribution in [1.29, 1.82) is 0 Å². The lowest BCUT2D eigenvalue weighted by molar-refractivity contribution is -0.121. The molecule has 0 aliphatic heterocycles. The molecule has 0 aliphatic rings. The van der Waals surface area contributed by atoms with Crippen LogP contribution < -0.4 is 10.6 Å². The molecule has 2 N–H and O–H groups in total. The van der Waals surface area contributed by atoms with Crippen LogP contribution in [0.5, 0.6) is 0 Å². The zero-order valence-corrected chi connectivity index (χ0v) is 8.36. The molecule has 1 aromatic heterocycles. The molecular formula is C9H16N4O. The van der Waals surface area contributed by atoms with Crippen molar-refractivity contribution in [3.05, 3.63) is 18.5 Å². The van der Waals surface area contributed by atoms with E-state index in [1.807, 2.05) is 7.05 Å². The molecule has 0 saturated heterocycles. The van der Waals surface area contributed by atoms with Crippen LogP contribution in [0.4, 0.5) is 0 Å². The number of carbonyl (C=O) groups is 1. The van der Waals surface area contributed by atoms with E-state index < -0.39 is 0 Å². The number of nitrogens with zero attached hydrogens (tertiary/aromatic N) is 2. The van der Waals surface area contributed by atoms with Gasteiger partial charge in [0.05, 0.1) is 0 Å². The summed E-state index contributed by atoms with van der Waals surface area (Å²) in [5.41, 5.74) is 0. The third-order valence-corrected chi connectivity index (χ3v) is 1.79. The maximum atomic E-state index is 11.3. The summed E-state index contributed by atoms with van der Waals surface area (Å²) in [6.07, 6.45) is 4.38. The first kappa shape index (κ1) is 10.7. The third-order valence-electron chi connectivity index (χ3n) is 1.79. The van der Waals surface area contributed by atoms with Gasteiger partial charge in [0, 0.05) is 18.9 Å². The lowest BCUT2D eigenvalue weighted by atomic mass is 10.4. The number of amides is 1. The van der Waals surface area contributed by atoms with Crippen LogP contribution in [0.3, 0.4) is 0 Å². The largest absolute Gasteiger partial charge is 0.354 e. The predicted molar refractivity (Wildman–Crippen MR) is 53.8 cm³/mol. The third kappa shape index (κ3) is 4.04. The maximum Gasteiger partial charge on any atom is 0.241 e. The second-order valence-corrected chi connectivity index (χ2v) is 3.01. The molecule has 5 heteroatoms. The molecule has 78 valence electrons. The highest BCUT2D eigenvalue weighted by molar-refractivity contribution is 5.75. The fourth-order valence-electron chi connectivity index (χ4n) is 1.09. The van der Waals surface area contributed by atoms with E-state index in [0.717, 1.165) is 13.0 Å². The zero-order valence-electron chi connectivity index (χ0n) is 8.36. The average molecular weight is 196 g/mol. The number of nitrogens with one attached hydrogen (secondary N) is 2. The van der Waals surface area contributed by atoms with Crippen LogP contribution in [-0.4, -0.2) is 35.8 Å². The standard InChI is InChI=1S/C9H16N4O/c1-10-4-2-5-11-9(14)8-13-7-3-6-12-13/h3,6-7,10H,2,4-5,8H2,1H3,(H,11,14). The fourth-order valence-corrected chi connectivity index (χ4v) is 1.09. The molecule has 0 aliphatic carbocycles. The molecular weight excluding hydrogens is 180 g/mol. The summed E-state index contributed by atoms with van der Waals surface area (Å²) in [6.45, 7) is 1.93. The predicted octanol–water partition coefficient (Wildman–Crippen LogP) is -0.391. The number of rotatable bonds is 6. The first-order chi connectivity index (χ1) is 6.83. The van der Waals surface area contributed by atoms with Crippen LogP contribution in [0, 0.1) is 0 Å². The molecule has 0 bridgehead atoms. The van der Waals surface area contributed by atoms with Crippen molar-refractivity contribution in [2.45, 2.75) is 13.0 Å². The van der Waals surface area contributed by atoms with Gasteiger partial charge in [0.1, 0.15) is 6.54 Å². The van der Waals surface area contributed by atoms with E-state index in [2.05, 4.69) is 15.7 Å². The van der Waals surface area contributed by atoms with Crippen molar-refractivity contribution in [3.8, 4) is 0 Å². The molecule has 14 heavy (non-hydrogen) atoms. The Morgan fingerprint density at radius 2 is 2.36 bits per heavy atom. The van der Waals surface area contributed by atoms with Gasteiger partial charge in [-0.1, -0.05) is 0 Å². The summed E-state index contributed by atoms with van der Waals surface area (Å²) < 4.78 is 1.60. The molecule has 1 amide bonds. The maximum absolute atomic E-state index is 11.3. The monoisotopic (exact) mass is 196 g/mol. The molecule has 1 heterocycles. The van der Waals surface area contributed by atoms with Gasteiger partial charge in [-0.05, 0) is 26.1 Å². The van der Waals surface area contributed by atoms with E-state index in [4.69, 9.17) is 0 Å². The van der Waals surface area contributed by atoms with E-state index in [9.17, 15) is 4.79 Å². The van der Waals surface area contributed by atoms with Gasteiger partial charge in [0.2, 0.25) is 5.91 Å². The van der Waals surface area contributed by atoms with Crippen LogP contribution >= 0.6 is 0 Å². The summed E-state index contributed by atoms with van der Waals surface area (Å²) in [5.74, 6) is 0.00445. The second kappa shape index (κ2) is 6.15. The van der Waals surface area contributed by atoms with Gasteiger partial charge in [-0.15, -0.1) is 0 Å². The zero-order chi connectivity index (χ0) is 10.2. The van der Waals surface area contributed by atoms with Crippen molar-refractivity contribution in [3.63, 3.8) is 0 Å². The van der Waals surface area contributed by atoms with Crippen LogP contribution in [-0.2, 0) is 11.3 Å². The molecule has 0 spiro atoms. The Kier molecular flexibility index (Phi) is 4.71. The first-order valence-electron chi connectivity index (χ1n) is 4.71. The Balaban J connectivity index is 2.11. The number of carbonyl (C=O) groups excluding carboxylic acids is 1. The fraction of sp³-hybridized carbons (Fsp3) is 0.556. The topological polar surface area (TPSA) is 58.9 Å². The van der Waals surface area contributed by atoms with Crippen molar-refractivity contribution in [2.24, 2.45) is 0 Å². The Labute approximate surface area is 83.5 Å². The van der Waals surface area contributed by atoms with Gasteiger partial charge >= 0.3 is 0 Å². The number of aromatic nitrogens is 2. The highest BCUT2D eigenvalue weighted by Crippen LogP contribution is 1.84. The minimum atomic E-state index is 0.00445. The number of hydrogen-bond acceptors (Lipinski definition) is 3. The Hall–Kier alpha value is -1.36. The highest BCUT2D eigenvalue weighted by Gasteiger charge is 2.00. The van der Waals surface area contributed by atoms with Crippen LogP contribution in [0.2, 0.25) is 0 Å². The second-order valence-electron chi connectivity index (χ2n) is 3.01. The number of hydrogen-bond donors (Lipinski definition) is 2. The van der Waals surface area contributed by atoms with E-state index in [1.54, 1.807) is 23.1 Å². The summed E-state index contributed by atoms with van der Waals surface area (Å²) in [4.78, 5) is 11.3. The molecule has 1 rings (SSSR count). The summed E-state index contributed by atoms with van der Waals surface area (Å²) >= 11 is 0. The van der Waals surface area contributed by atoms with Crippen molar-refractivity contribution in [2.75, 3.05) is 20.1 Å². The smallest absolute Gasteiger partial charge is 0.241 e. The van der Waals surface area contributed by atoms with Gasteiger partial charge < -0.3 is 10.6 Å². The van der Waals surface area contributed by atoms with Crippen molar-refractivity contribution < 1.29 is 4.79 Å². The van der Waals surface area contributed by atoms with E-state index in [1.165, 1.54) is 0 Å². The normalized spacial score (nSPS) is 10.1. The SMILES string of the molecule is CNCCCNC(=O)Cn1cccn1. The molecule has 0 saturated carbocycles. The van der Waals surface area contributed by atoms with Gasteiger partial charge in [-0.25, -0.2) is 0 Å². The molecule has 1 aromatic rings. The van der Waals surface area contributed by atoms with E-state index in [-0.39, 0.29) is 5.91 Å². The van der Waals surface area contributed by atoms with E-state index in [0.29, 0.717) is 13.1 Å².